The molecule has 1 atom stereocenters. The van der Waals surface area contributed by atoms with E-state index < -0.39 is 0 Å². The van der Waals surface area contributed by atoms with Crippen LogP contribution in [0.5, 0.6) is 17.2 Å². The molecule has 0 radical (unpaired) electrons. The summed E-state index contributed by atoms with van der Waals surface area (Å²) in [4.78, 5) is 12.0. The van der Waals surface area contributed by atoms with Crippen LogP contribution >= 0.6 is 0 Å². The average molecular weight is 347 g/mol. The molecule has 132 valence electrons. The van der Waals surface area contributed by atoms with E-state index in [1.165, 1.54) is 0 Å². The van der Waals surface area contributed by atoms with Gasteiger partial charge in [0.25, 0.3) is 5.91 Å². The maximum Gasteiger partial charge on any atom is 0.258 e. The highest BCUT2D eigenvalue weighted by atomic mass is 16.5. The molecule has 3 aromatic carbocycles. The van der Waals surface area contributed by atoms with Crippen LogP contribution in [0.3, 0.4) is 0 Å². The van der Waals surface area contributed by atoms with Crippen LogP contribution in [0.15, 0.2) is 84.9 Å². The number of carbonyl (C=O) groups is 1. The van der Waals surface area contributed by atoms with E-state index in [4.69, 9.17) is 9.47 Å². The standard InChI is InChI=1S/C22H21NO3/c1-17(18-8-4-2-5-9-18)23-22(24)16-25-19-12-14-21(15-13-19)26-20-10-6-3-7-11-20/h2-15,17H,16H2,1H3,(H,23,24)/t17-/m0/s1. The van der Waals surface area contributed by atoms with Crippen molar-refractivity contribution in [3.05, 3.63) is 90.5 Å². The zero-order valence-corrected chi connectivity index (χ0v) is 14.6. The van der Waals surface area contributed by atoms with E-state index in [1.807, 2.05) is 79.7 Å². The number of hydrogen-bond donors (Lipinski definition) is 1. The van der Waals surface area contributed by atoms with Gasteiger partial charge in [-0.2, -0.15) is 0 Å². The predicted octanol–water partition coefficient (Wildman–Crippen LogP) is 4.74. The molecule has 0 aliphatic heterocycles. The van der Waals surface area contributed by atoms with E-state index in [2.05, 4.69) is 5.32 Å². The number of ether oxygens (including phenoxy) is 2. The number of rotatable bonds is 7. The largest absolute Gasteiger partial charge is 0.484 e. The molecule has 3 aromatic rings. The molecular weight excluding hydrogens is 326 g/mol. The molecular formula is C22H21NO3. The van der Waals surface area contributed by atoms with Gasteiger partial charge in [0, 0.05) is 0 Å². The fraction of sp³-hybridized carbons (Fsp3) is 0.136. The van der Waals surface area contributed by atoms with Crippen molar-refractivity contribution in [3.8, 4) is 17.2 Å². The third kappa shape index (κ3) is 5.11. The quantitative estimate of drug-likeness (QED) is 0.672. The molecule has 0 aliphatic rings. The Hall–Kier alpha value is -3.27. The van der Waals surface area contributed by atoms with Crippen molar-refractivity contribution in [1.29, 1.82) is 0 Å². The summed E-state index contributed by atoms with van der Waals surface area (Å²) in [7, 11) is 0. The van der Waals surface area contributed by atoms with E-state index in [9.17, 15) is 4.79 Å². The number of benzene rings is 3. The normalized spacial score (nSPS) is 11.4. The van der Waals surface area contributed by atoms with Gasteiger partial charge in [-0.3, -0.25) is 4.79 Å². The van der Waals surface area contributed by atoms with Gasteiger partial charge in [0.2, 0.25) is 0 Å². The van der Waals surface area contributed by atoms with Crippen molar-refractivity contribution >= 4 is 5.91 Å². The maximum atomic E-state index is 12.0. The Kier molecular flexibility index (Phi) is 5.88. The Morgan fingerprint density at radius 3 is 2.00 bits per heavy atom. The van der Waals surface area contributed by atoms with Crippen molar-refractivity contribution in [2.24, 2.45) is 0 Å². The first-order valence-corrected chi connectivity index (χ1v) is 8.51. The summed E-state index contributed by atoms with van der Waals surface area (Å²) in [6.45, 7) is 1.92. The third-order valence-corrected chi connectivity index (χ3v) is 3.85. The number of para-hydroxylation sites is 1. The highest BCUT2D eigenvalue weighted by Crippen LogP contribution is 2.23. The Morgan fingerprint density at radius 1 is 0.808 bits per heavy atom. The molecule has 1 N–H and O–H groups in total. The van der Waals surface area contributed by atoms with Crippen LogP contribution in [0.25, 0.3) is 0 Å². The second-order valence-electron chi connectivity index (χ2n) is 5.88. The van der Waals surface area contributed by atoms with E-state index in [0.29, 0.717) is 11.5 Å². The van der Waals surface area contributed by atoms with E-state index >= 15 is 0 Å². The number of carbonyl (C=O) groups excluding carboxylic acids is 1. The molecule has 4 nitrogen and oxygen atoms in total. The minimum absolute atomic E-state index is 0.0317. The molecule has 0 aromatic heterocycles. The molecule has 3 rings (SSSR count). The smallest absolute Gasteiger partial charge is 0.258 e. The lowest BCUT2D eigenvalue weighted by molar-refractivity contribution is -0.123. The van der Waals surface area contributed by atoms with Gasteiger partial charge >= 0.3 is 0 Å². The molecule has 0 saturated heterocycles. The summed E-state index contributed by atoms with van der Waals surface area (Å²) in [5.74, 6) is 1.94. The van der Waals surface area contributed by atoms with Gasteiger partial charge in [0.1, 0.15) is 17.2 Å². The fourth-order valence-corrected chi connectivity index (χ4v) is 2.49. The molecule has 0 saturated carbocycles. The van der Waals surface area contributed by atoms with Crippen LogP contribution < -0.4 is 14.8 Å². The van der Waals surface area contributed by atoms with Crippen LogP contribution in [0.2, 0.25) is 0 Å². The second kappa shape index (κ2) is 8.72. The molecule has 0 spiro atoms. The number of amides is 1. The van der Waals surface area contributed by atoms with E-state index in [1.54, 1.807) is 12.1 Å². The lowest BCUT2D eigenvalue weighted by Gasteiger charge is -2.14. The number of hydrogen-bond acceptors (Lipinski definition) is 3. The lowest BCUT2D eigenvalue weighted by atomic mass is 10.1. The SMILES string of the molecule is C[C@H](NC(=O)COc1ccc(Oc2ccccc2)cc1)c1ccccc1. The summed E-state index contributed by atoms with van der Waals surface area (Å²) in [5, 5.41) is 2.92. The molecule has 0 aliphatic carbocycles. The average Bonchev–Trinajstić information content (AvgIpc) is 2.69. The van der Waals surface area contributed by atoms with Gasteiger partial charge in [0.15, 0.2) is 6.61 Å². The van der Waals surface area contributed by atoms with Crippen molar-refractivity contribution in [2.45, 2.75) is 13.0 Å². The van der Waals surface area contributed by atoms with Crippen LogP contribution in [-0.2, 0) is 4.79 Å². The van der Waals surface area contributed by atoms with Crippen LogP contribution in [-0.4, -0.2) is 12.5 Å². The molecule has 0 fully saturated rings. The van der Waals surface area contributed by atoms with Crippen molar-refractivity contribution in [2.75, 3.05) is 6.61 Å². The first-order chi connectivity index (χ1) is 12.7. The Morgan fingerprint density at radius 2 is 1.35 bits per heavy atom. The maximum absolute atomic E-state index is 12.0. The highest BCUT2D eigenvalue weighted by molar-refractivity contribution is 5.78. The fourth-order valence-electron chi connectivity index (χ4n) is 2.49. The van der Waals surface area contributed by atoms with Gasteiger partial charge in [-0.25, -0.2) is 0 Å². The molecule has 0 bridgehead atoms. The van der Waals surface area contributed by atoms with Gasteiger partial charge in [0.05, 0.1) is 6.04 Å². The Labute approximate surface area is 153 Å². The van der Waals surface area contributed by atoms with Gasteiger partial charge in [-0.15, -0.1) is 0 Å². The third-order valence-electron chi connectivity index (χ3n) is 3.85. The monoisotopic (exact) mass is 347 g/mol. The molecule has 0 unspecified atom stereocenters. The van der Waals surface area contributed by atoms with Crippen molar-refractivity contribution in [1.82, 2.24) is 5.32 Å². The Balaban J connectivity index is 1.48. The molecule has 0 heterocycles. The summed E-state index contributed by atoms with van der Waals surface area (Å²) in [6, 6.07) is 26.5. The minimum atomic E-state index is -0.161. The van der Waals surface area contributed by atoms with E-state index in [-0.39, 0.29) is 18.6 Å². The summed E-state index contributed by atoms with van der Waals surface area (Å²) < 4.78 is 11.3. The zero-order valence-electron chi connectivity index (χ0n) is 14.6. The summed E-state index contributed by atoms with van der Waals surface area (Å²) >= 11 is 0. The minimum Gasteiger partial charge on any atom is -0.484 e. The van der Waals surface area contributed by atoms with Crippen molar-refractivity contribution in [3.63, 3.8) is 0 Å². The first kappa shape index (κ1) is 17.5. The van der Waals surface area contributed by atoms with Crippen LogP contribution in [0.4, 0.5) is 0 Å². The topological polar surface area (TPSA) is 47.6 Å². The lowest BCUT2D eigenvalue weighted by Crippen LogP contribution is -2.31. The van der Waals surface area contributed by atoms with Crippen molar-refractivity contribution < 1.29 is 14.3 Å². The van der Waals surface area contributed by atoms with Gasteiger partial charge < -0.3 is 14.8 Å². The molecule has 4 heteroatoms. The number of nitrogens with one attached hydrogen (secondary N) is 1. The molecule has 1 amide bonds. The summed E-state index contributed by atoms with van der Waals surface area (Å²) in [6.07, 6.45) is 0. The predicted molar refractivity (Wildman–Crippen MR) is 101 cm³/mol. The van der Waals surface area contributed by atoms with Gasteiger partial charge in [-0.05, 0) is 48.9 Å². The highest BCUT2D eigenvalue weighted by Gasteiger charge is 2.09. The second-order valence-corrected chi connectivity index (χ2v) is 5.88. The first-order valence-electron chi connectivity index (χ1n) is 8.51. The Bertz CT molecular complexity index is 817. The van der Waals surface area contributed by atoms with E-state index in [0.717, 1.165) is 11.3 Å². The zero-order chi connectivity index (χ0) is 18.2. The summed E-state index contributed by atoms with van der Waals surface area (Å²) in [5.41, 5.74) is 1.06. The van der Waals surface area contributed by atoms with Gasteiger partial charge in [-0.1, -0.05) is 48.5 Å². The molecule has 26 heavy (non-hydrogen) atoms. The van der Waals surface area contributed by atoms with Crippen LogP contribution in [0.1, 0.15) is 18.5 Å². The van der Waals surface area contributed by atoms with Crippen LogP contribution in [0, 0.1) is 0 Å².